The number of hydrazone groups is 1. The molecule has 0 aromatic heterocycles. The largest absolute Gasteiger partial charge is 0.483 e. The van der Waals surface area contributed by atoms with E-state index in [0.717, 1.165) is 5.56 Å². The summed E-state index contributed by atoms with van der Waals surface area (Å²) in [7, 11) is 0. The number of amides is 1. The molecule has 0 saturated heterocycles. The van der Waals surface area contributed by atoms with Crippen LogP contribution in [0.4, 0.5) is 5.69 Å². The highest BCUT2D eigenvalue weighted by molar-refractivity contribution is 6.30. The lowest BCUT2D eigenvalue weighted by Gasteiger charge is -2.04. The first-order valence-corrected chi connectivity index (χ1v) is 6.87. The van der Waals surface area contributed by atoms with E-state index in [-0.39, 0.29) is 18.0 Å². The molecular weight excluding hydrogens is 322 g/mol. The van der Waals surface area contributed by atoms with Crippen LogP contribution in [-0.2, 0) is 4.79 Å². The molecule has 7 nitrogen and oxygen atoms in total. The van der Waals surface area contributed by atoms with Gasteiger partial charge in [-0.1, -0.05) is 29.8 Å². The molecule has 0 fully saturated rings. The van der Waals surface area contributed by atoms with Gasteiger partial charge in [0.05, 0.1) is 17.2 Å². The van der Waals surface area contributed by atoms with E-state index in [1.807, 2.05) is 0 Å². The van der Waals surface area contributed by atoms with Crippen LogP contribution in [0.1, 0.15) is 5.56 Å². The molecule has 8 heteroatoms. The molecule has 0 aliphatic rings. The molecule has 23 heavy (non-hydrogen) atoms. The van der Waals surface area contributed by atoms with Crippen molar-refractivity contribution in [2.24, 2.45) is 5.10 Å². The van der Waals surface area contributed by atoms with Gasteiger partial charge in [0.2, 0.25) is 0 Å². The summed E-state index contributed by atoms with van der Waals surface area (Å²) in [6.07, 6.45) is 1.46. The predicted octanol–water partition coefficient (Wildman–Crippen LogP) is 2.78. The van der Waals surface area contributed by atoms with Gasteiger partial charge in [-0.3, -0.25) is 14.9 Å². The fourth-order valence-corrected chi connectivity index (χ4v) is 1.72. The maximum Gasteiger partial charge on any atom is 0.277 e. The number of carbonyl (C=O) groups is 1. The summed E-state index contributed by atoms with van der Waals surface area (Å²) in [6.45, 7) is -0.306. The Labute approximate surface area is 136 Å². The molecule has 2 aromatic rings. The summed E-state index contributed by atoms with van der Waals surface area (Å²) in [5.74, 6) is -0.252. The number of nitro groups is 1. The standard InChI is InChI=1S/C15H12ClN3O4/c16-12-6-4-11(5-7-12)9-17-18-15(20)10-23-14-3-1-2-13(8-14)19(21)22/h1-9H,10H2,(H,18,20)/b17-9+. The number of carbonyl (C=O) groups excluding carboxylic acids is 1. The molecule has 0 bridgehead atoms. The average molecular weight is 334 g/mol. The molecule has 2 rings (SSSR count). The summed E-state index contributed by atoms with van der Waals surface area (Å²) in [6, 6.07) is 12.5. The van der Waals surface area contributed by atoms with Crippen LogP contribution in [0.25, 0.3) is 0 Å². The molecule has 0 aliphatic carbocycles. The second-order valence-corrected chi connectivity index (χ2v) is 4.82. The van der Waals surface area contributed by atoms with E-state index < -0.39 is 10.8 Å². The molecule has 0 heterocycles. The van der Waals surface area contributed by atoms with Gasteiger partial charge in [-0.15, -0.1) is 0 Å². The average Bonchev–Trinajstić information content (AvgIpc) is 2.55. The number of nitrogens with zero attached hydrogens (tertiary/aromatic N) is 2. The summed E-state index contributed by atoms with van der Waals surface area (Å²) >= 11 is 5.75. The molecule has 0 saturated carbocycles. The van der Waals surface area contributed by atoms with Crippen molar-refractivity contribution in [2.45, 2.75) is 0 Å². The fourth-order valence-electron chi connectivity index (χ4n) is 1.60. The quantitative estimate of drug-likeness (QED) is 0.499. The van der Waals surface area contributed by atoms with Gasteiger partial charge in [0.25, 0.3) is 11.6 Å². The van der Waals surface area contributed by atoms with Gasteiger partial charge >= 0.3 is 0 Å². The number of hydrogen-bond acceptors (Lipinski definition) is 5. The van der Waals surface area contributed by atoms with E-state index in [4.69, 9.17) is 16.3 Å². The van der Waals surface area contributed by atoms with E-state index in [0.29, 0.717) is 5.02 Å². The predicted molar refractivity (Wildman–Crippen MR) is 85.8 cm³/mol. The normalized spacial score (nSPS) is 10.5. The second kappa shape index (κ2) is 7.90. The van der Waals surface area contributed by atoms with Crippen LogP contribution in [0.2, 0.25) is 5.02 Å². The van der Waals surface area contributed by atoms with Crippen LogP contribution < -0.4 is 10.2 Å². The third kappa shape index (κ3) is 5.40. The zero-order valence-electron chi connectivity index (χ0n) is 11.8. The Bertz CT molecular complexity index is 732. The van der Waals surface area contributed by atoms with Crippen molar-refractivity contribution in [1.82, 2.24) is 5.43 Å². The SMILES string of the molecule is O=C(COc1cccc([N+](=O)[O-])c1)N/N=C/c1ccc(Cl)cc1. The Morgan fingerprint density at radius 2 is 2.04 bits per heavy atom. The molecule has 0 spiro atoms. The molecule has 1 amide bonds. The Balaban J connectivity index is 1.82. The third-order valence-corrected chi connectivity index (χ3v) is 2.92. The highest BCUT2D eigenvalue weighted by atomic mass is 35.5. The van der Waals surface area contributed by atoms with Gasteiger partial charge in [-0.2, -0.15) is 5.10 Å². The molecular formula is C15H12ClN3O4. The van der Waals surface area contributed by atoms with Crippen LogP contribution in [0.15, 0.2) is 53.6 Å². The highest BCUT2D eigenvalue weighted by Gasteiger charge is 2.07. The first kappa shape index (κ1) is 16.4. The van der Waals surface area contributed by atoms with Crippen molar-refractivity contribution in [2.75, 3.05) is 6.61 Å². The van der Waals surface area contributed by atoms with Gasteiger partial charge in [0.15, 0.2) is 6.61 Å². The zero-order chi connectivity index (χ0) is 16.7. The maximum atomic E-state index is 11.6. The number of ether oxygens (including phenoxy) is 1. The molecule has 0 unspecified atom stereocenters. The number of nitrogens with one attached hydrogen (secondary N) is 1. The van der Waals surface area contributed by atoms with Crippen LogP contribution in [0, 0.1) is 10.1 Å². The lowest BCUT2D eigenvalue weighted by molar-refractivity contribution is -0.384. The highest BCUT2D eigenvalue weighted by Crippen LogP contribution is 2.18. The van der Waals surface area contributed by atoms with Gasteiger partial charge in [-0.25, -0.2) is 5.43 Å². The number of halogens is 1. The monoisotopic (exact) mass is 333 g/mol. The molecule has 0 radical (unpaired) electrons. The van der Waals surface area contributed by atoms with E-state index in [1.165, 1.54) is 30.5 Å². The van der Waals surface area contributed by atoms with Crippen LogP contribution >= 0.6 is 11.6 Å². The number of non-ortho nitro benzene ring substituents is 1. The zero-order valence-corrected chi connectivity index (χ0v) is 12.6. The Morgan fingerprint density at radius 3 is 2.74 bits per heavy atom. The lowest BCUT2D eigenvalue weighted by atomic mass is 10.2. The van der Waals surface area contributed by atoms with Crippen molar-refractivity contribution in [3.05, 3.63) is 69.2 Å². The lowest BCUT2D eigenvalue weighted by Crippen LogP contribution is -2.24. The summed E-state index contributed by atoms with van der Waals surface area (Å²) in [5.41, 5.74) is 2.96. The summed E-state index contributed by atoms with van der Waals surface area (Å²) in [4.78, 5) is 21.7. The Kier molecular flexibility index (Phi) is 5.65. The van der Waals surface area contributed by atoms with E-state index >= 15 is 0 Å². The minimum atomic E-state index is -0.538. The minimum absolute atomic E-state index is 0.108. The minimum Gasteiger partial charge on any atom is -0.483 e. The molecule has 0 aliphatic heterocycles. The number of rotatable bonds is 6. The second-order valence-electron chi connectivity index (χ2n) is 4.39. The van der Waals surface area contributed by atoms with Crippen LogP contribution in [-0.4, -0.2) is 23.7 Å². The van der Waals surface area contributed by atoms with Gasteiger partial charge in [0, 0.05) is 11.1 Å². The number of nitro benzene ring substituents is 1. The van der Waals surface area contributed by atoms with Gasteiger partial charge in [-0.05, 0) is 23.8 Å². The number of hydrogen-bond donors (Lipinski definition) is 1. The van der Waals surface area contributed by atoms with Crippen molar-refractivity contribution in [3.63, 3.8) is 0 Å². The van der Waals surface area contributed by atoms with E-state index in [9.17, 15) is 14.9 Å². The fraction of sp³-hybridized carbons (Fsp3) is 0.0667. The molecule has 0 atom stereocenters. The van der Waals surface area contributed by atoms with Crippen molar-refractivity contribution >= 4 is 29.4 Å². The van der Waals surface area contributed by atoms with Gasteiger partial charge < -0.3 is 4.74 Å². The molecule has 1 N–H and O–H groups in total. The van der Waals surface area contributed by atoms with Crippen molar-refractivity contribution < 1.29 is 14.5 Å². The van der Waals surface area contributed by atoms with Crippen molar-refractivity contribution in [3.8, 4) is 5.75 Å². The van der Waals surface area contributed by atoms with Crippen LogP contribution in [0.5, 0.6) is 5.75 Å². The Hall–Kier alpha value is -2.93. The number of benzene rings is 2. The van der Waals surface area contributed by atoms with Crippen LogP contribution in [0.3, 0.4) is 0 Å². The topological polar surface area (TPSA) is 93.8 Å². The summed E-state index contributed by atoms with van der Waals surface area (Å²) < 4.78 is 5.17. The Morgan fingerprint density at radius 1 is 1.30 bits per heavy atom. The molecule has 2 aromatic carbocycles. The third-order valence-electron chi connectivity index (χ3n) is 2.67. The van der Waals surface area contributed by atoms with Crippen molar-refractivity contribution in [1.29, 1.82) is 0 Å². The smallest absolute Gasteiger partial charge is 0.277 e. The summed E-state index contributed by atoms with van der Waals surface area (Å²) in [5, 5.41) is 15.0. The van der Waals surface area contributed by atoms with E-state index in [1.54, 1.807) is 24.3 Å². The maximum absolute atomic E-state index is 11.6. The van der Waals surface area contributed by atoms with E-state index in [2.05, 4.69) is 10.5 Å². The first-order valence-electron chi connectivity index (χ1n) is 6.49. The van der Waals surface area contributed by atoms with Gasteiger partial charge in [0.1, 0.15) is 5.75 Å². The molecule has 118 valence electrons. The first-order chi connectivity index (χ1) is 11.0.